The Kier molecular flexibility index (Phi) is 5.07. The number of aromatic nitrogens is 2. The monoisotopic (exact) mass is 267 g/mol. The zero-order valence-corrected chi connectivity index (χ0v) is 11.6. The average Bonchev–Trinajstić information content (AvgIpc) is 2.45. The first-order chi connectivity index (χ1) is 8.81. The molecule has 6 heteroatoms. The van der Waals surface area contributed by atoms with Crippen LogP contribution in [0.3, 0.4) is 0 Å². The summed E-state index contributed by atoms with van der Waals surface area (Å²) in [6, 6.07) is 1.85. The first-order valence-corrected chi connectivity index (χ1v) is 7.56. The summed E-state index contributed by atoms with van der Waals surface area (Å²) in [7, 11) is 0. The summed E-state index contributed by atoms with van der Waals surface area (Å²) in [5.41, 5.74) is 2.58. The number of nitrogen functional groups attached to an aromatic ring is 1. The van der Waals surface area contributed by atoms with Gasteiger partial charge in [0, 0.05) is 24.3 Å². The molecule has 0 aromatic carbocycles. The van der Waals surface area contributed by atoms with Crippen molar-refractivity contribution in [2.45, 2.75) is 37.9 Å². The summed E-state index contributed by atoms with van der Waals surface area (Å²) in [6.07, 6.45) is 4.81. The first-order valence-electron chi connectivity index (χ1n) is 6.52. The van der Waals surface area contributed by atoms with E-state index in [0.29, 0.717) is 11.1 Å². The molecule has 0 saturated carbocycles. The van der Waals surface area contributed by atoms with E-state index in [1.807, 2.05) is 13.0 Å². The van der Waals surface area contributed by atoms with Crippen LogP contribution in [0.15, 0.2) is 6.07 Å². The molecule has 1 aromatic rings. The van der Waals surface area contributed by atoms with Crippen LogP contribution in [0.1, 0.15) is 32.0 Å². The van der Waals surface area contributed by atoms with Gasteiger partial charge in [0.15, 0.2) is 0 Å². The summed E-state index contributed by atoms with van der Waals surface area (Å²) < 4.78 is 0. The fraction of sp³-hybridized carbons (Fsp3) is 0.667. The molecule has 1 saturated heterocycles. The van der Waals surface area contributed by atoms with Gasteiger partial charge in [-0.15, -0.1) is 0 Å². The van der Waals surface area contributed by atoms with Crippen LogP contribution in [0, 0.1) is 0 Å². The van der Waals surface area contributed by atoms with Crippen molar-refractivity contribution < 1.29 is 0 Å². The molecule has 1 aliphatic heterocycles. The standard InChI is InChI=1S/C12H21N5S/c1-2-10-15-11(7-12(16-10)17-13)14-8-9-5-3-4-6-18-9/h7,9H,2-6,8,13H2,1H3,(H2,14,15,16,17). The number of nitrogens with one attached hydrogen (secondary N) is 2. The molecular weight excluding hydrogens is 246 g/mol. The summed E-state index contributed by atoms with van der Waals surface area (Å²) in [4.78, 5) is 8.73. The lowest BCUT2D eigenvalue weighted by molar-refractivity contribution is 0.676. The Morgan fingerprint density at radius 2 is 2.22 bits per heavy atom. The molecule has 1 fully saturated rings. The van der Waals surface area contributed by atoms with Gasteiger partial charge in [0.1, 0.15) is 17.5 Å². The molecule has 1 aliphatic rings. The number of thioether (sulfide) groups is 1. The fourth-order valence-electron chi connectivity index (χ4n) is 2.01. The van der Waals surface area contributed by atoms with Crippen molar-refractivity contribution >= 4 is 23.4 Å². The van der Waals surface area contributed by atoms with Crippen molar-refractivity contribution in [3.05, 3.63) is 11.9 Å². The molecule has 100 valence electrons. The first kappa shape index (κ1) is 13.4. The molecule has 0 amide bonds. The number of hydrazine groups is 1. The molecule has 2 heterocycles. The van der Waals surface area contributed by atoms with Crippen molar-refractivity contribution in [3.8, 4) is 0 Å². The average molecular weight is 267 g/mol. The summed E-state index contributed by atoms with van der Waals surface area (Å²) in [5.74, 6) is 9.03. The maximum Gasteiger partial charge on any atom is 0.145 e. The lowest BCUT2D eigenvalue weighted by atomic mass is 10.2. The Balaban J connectivity index is 1.94. The van der Waals surface area contributed by atoms with Crippen LogP contribution in [0.5, 0.6) is 0 Å². The van der Waals surface area contributed by atoms with Gasteiger partial charge < -0.3 is 10.7 Å². The SMILES string of the molecule is CCc1nc(NN)cc(NCC2CCCCS2)n1. The molecule has 4 N–H and O–H groups in total. The fourth-order valence-corrected chi connectivity index (χ4v) is 3.25. The van der Waals surface area contributed by atoms with E-state index in [0.717, 1.165) is 24.6 Å². The number of hydrogen-bond acceptors (Lipinski definition) is 6. The van der Waals surface area contributed by atoms with E-state index < -0.39 is 0 Å². The van der Waals surface area contributed by atoms with Gasteiger partial charge in [0.2, 0.25) is 0 Å². The third kappa shape index (κ3) is 3.74. The lowest BCUT2D eigenvalue weighted by Crippen LogP contribution is -2.21. The van der Waals surface area contributed by atoms with Crippen LogP contribution in [-0.2, 0) is 6.42 Å². The van der Waals surface area contributed by atoms with E-state index >= 15 is 0 Å². The molecule has 1 unspecified atom stereocenters. The highest BCUT2D eigenvalue weighted by atomic mass is 32.2. The number of aryl methyl sites for hydroxylation is 1. The number of anilines is 2. The predicted octanol–water partition coefficient (Wildman–Crippen LogP) is 2.02. The highest BCUT2D eigenvalue weighted by molar-refractivity contribution is 7.99. The van der Waals surface area contributed by atoms with E-state index in [1.54, 1.807) is 0 Å². The minimum Gasteiger partial charge on any atom is -0.369 e. The molecular formula is C12H21N5S. The van der Waals surface area contributed by atoms with E-state index in [9.17, 15) is 0 Å². The van der Waals surface area contributed by atoms with Crippen molar-refractivity contribution in [1.82, 2.24) is 9.97 Å². The third-order valence-corrected chi connectivity index (χ3v) is 4.42. The van der Waals surface area contributed by atoms with Crippen LogP contribution >= 0.6 is 11.8 Å². The molecule has 0 radical (unpaired) electrons. The van der Waals surface area contributed by atoms with Gasteiger partial charge in [-0.3, -0.25) is 0 Å². The van der Waals surface area contributed by atoms with Crippen molar-refractivity contribution in [2.24, 2.45) is 5.84 Å². The highest BCUT2D eigenvalue weighted by Gasteiger charge is 2.13. The predicted molar refractivity (Wildman–Crippen MR) is 77.8 cm³/mol. The largest absolute Gasteiger partial charge is 0.369 e. The quantitative estimate of drug-likeness (QED) is 0.560. The zero-order chi connectivity index (χ0) is 12.8. The minimum atomic E-state index is 0.667. The highest BCUT2D eigenvalue weighted by Crippen LogP contribution is 2.25. The van der Waals surface area contributed by atoms with Crippen LogP contribution in [0.25, 0.3) is 0 Å². The molecule has 5 nitrogen and oxygen atoms in total. The second-order valence-electron chi connectivity index (χ2n) is 4.42. The Bertz CT molecular complexity index is 356. The van der Waals surface area contributed by atoms with E-state index in [2.05, 4.69) is 32.5 Å². The Morgan fingerprint density at radius 3 is 2.89 bits per heavy atom. The molecule has 18 heavy (non-hydrogen) atoms. The van der Waals surface area contributed by atoms with E-state index in [-0.39, 0.29) is 0 Å². The lowest BCUT2D eigenvalue weighted by Gasteiger charge is -2.21. The maximum absolute atomic E-state index is 5.41. The van der Waals surface area contributed by atoms with Crippen LogP contribution in [0.2, 0.25) is 0 Å². The van der Waals surface area contributed by atoms with Gasteiger partial charge in [-0.2, -0.15) is 11.8 Å². The van der Waals surface area contributed by atoms with Crippen molar-refractivity contribution in [2.75, 3.05) is 23.0 Å². The van der Waals surface area contributed by atoms with Crippen LogP contribution < -0.4 is 16.6 Å². The Morgan fingerprint density at radius 1 is 1.39 bits per heavy atom. The Hall–Kier alpha value is -1.01. The molecule has 0 spiro atoms. The van der Waals surface area contributed by atoms with E-state index in [1.165, 1.54) is 25.0 Å². The third-order valence-electron chi connectivity index (χ3n) is 3.02. The van der Waals surface area contributed by atoms with Crippen LogP contribution in [0.4, 0.5) is 11.6 Å². The smallest absolute Gasteiger partial charge is 0.145 e. The number of nitrogens with zero attached hydrogens (tertiary/aromatic N) is 2. The molecule has 0 aliphatic carbocycles. The molecule has 2 rings (SSSR count). The number of hydrogen-bond donors (Lipinski definition) is 3. The normalized spacial score (nSPS) is 19.6. The van der Waals surface area contributed by atoms with Gasteiger partial charge in [-0.1, -0.05) is 13.3 Å². The zero-order valence-electron chi connectivity index (χ0n) is 10.8. The van der Waals surface area contributed by atoms with Gasteiger partial charge in [-0.05, 0) is 18.6 Å². The Labute approximate surface area is 112 Å². The minimum absolute atomic E-state index is 0.667. The van der Waals surface area contributed by atoms with Crippen molar-refractivity contribution in [1.29, 1.82) is 0 Å². The van der Waals surface area contributed by atoms with E-state index in [4.69, 9.17) is 5.84 Å². The molecule has 1 aromatic heterocycles. The second kappa shape index (κ2) is 6.80. The summed E-state index contributed by atoms with van der Waals surface area (Å²) >= 11 is 2.06. The van der Waals surface area contributed by atoms with Crippen LogP contribution in [-0.4, -0.2) is 27.5 Å². The van der Waals surface area contributed by atoms with Crippen molar-refractivity contribution in [3.63, 3.8) is 0 Å². The topological polar surface area (TPSA) is 75.9 Å². The summed E-state index contributed by atoms with van der Waals surface area (Å²) in [5, 5.41) is 4.10. The summed E-state index contributed by atoms with van der Waals surface area (Å²) in [6.45, 7) is 3.01. The van der Waals surface area contributed by atoms with Gasteiger partial charge in [0.05, 0.1) is 0 Å². The van der Waals surface area contributed by atoms with Gasteiger partial charge in [-0.25, -0.2) is 15.8 Å². The molecule has 1 atom stereocenters. The number of rotatable bonds is 5. The van der Waals surface area contributed by atoms with Gasteiger partial charge in [0.25, 0.3) is 0 Å². The number of nitrogens with two attached hydrogens (primary N) is 1. The molecule has 0 bridgehead atoms. The second-order valence-corrected chi connectivity index (χ2v) is 5.83. The van der Waals surface area contributed by atoms with Gasteiger partial charge >= 0.3 is 0 Å². The maximum atomic E-state index is 5.41.